The van der Waals surface area contributed by atoms with Crippen LogP contribution in [0.3, 0.4) is 0 Å². The standard InChI is InChI=1S/C9H8BrClN2/c10-8-3-2-7(11)6-9(8)13-5-1-4-12/h2-3,6,13H,1,5H2. The fourth-order valence-corrected chi connectivity index (χ4v) is 1.44. The molecule has 4 heteroatoms. The molecule has 0 bridgehead atoms. The van der Waals surface area contributed by atoms with Gasteiger partial charge in [-0.2, -0.15) is 5.26 Å². The van der Waals surface area contributed by atoms with E-state index in [0.29, 0.717) is 18.0 Å². The Kier molecular flexibility index (Phi) is 4.07. The summed E-state index contributed by atoms with van der Waals surface area (Å²) in [6.07, 6.45) is 0.485. The van der Waals surface area contributed by atoms with Crippen LogP contribution in [0.4, 0.5) is 5.69 Å². The summed E-state index contributed by atoms with van der Waals surface area (Å²) in [5.41, 5.74) is 0.919. The molecular formula is C9H8BrClN2. The van der Waals surface area contributed by atoms with Crippen LogP contribution >= 0.6 is 27.5 Å². The molecule has 1 aromatic rings. The van der Waals surface area contributed by atoms with Gasteiger partial charge in [0.15, 0.2) is 0 Å². The highest BCUT2D eigenvalue weighted by Gasteiger charge is 1.98. The predicted molar refractivity (Wildman–Crippen MR) is 57.9 cm³/mol. The Morgan fingerprint density at radius 2 is 2.31 bits per heavy atom. The van der Waals surface area contributed by atoms with E-state index in [-0.39, 0.29) is 0 Å². The van der Waals surface area contributed by atoms with Gasteiger partial charge in [-0.1, -0.05) is 11.6 Å². The van der Waals surface area contributed by atoms with Crippen molar-refractivity contribution in [1.29, 1.82) is 5.26 Å². The quantitative estimate of drug-likeness (QED) is 0.844. The van der Waals surface area contributed by atoms with Crippen LogP contribution in [-0.4, -0.2) is 6.54 Å². The number of nitriles is 1. The highest BCUT2D eigenvalue weighted by Crippen LogP contribution is 2.25. The molecule has 0 unspecified atom stereocenters. The summed E-state index contributed by atoms with van der Waals surface area (Å²) in [7, 11) is 0. The van der Waals surface area contributed by atoms with Crippen LogP contribution in [0, 0.1) is 11.3 Å². The summed E-state index contributed by atoms with van der Waals surface area (Å²) in [6.45, 7) is 0.634. The van der Waals surface area contributed by atoms with Crippen molar-refractivity contribution in [2.45, 2.75) is 6.42 Å². The van der Waals surface area contributed by atoms with Gasteiger partial charge in [0.2, 0.25) is 0 Å². The number of nitrogens with one attached hydrogen (secondary N) is 1. The molecule has 68 valence electrons. The molecule has 0 atom stereocenters. The molecule has 0 aliphatic rings. The van der Waals surface area contributed by atoms with E-state index in [1.54, 1.807) is 6.07 Å². The topological polar surface area (TPSA) is 35.8 Å². The Bertz CT molecular complexity index is 333. The summed E-state index contributed by atoms with van der Waals surface area (Å²) in [5, 5.41) is 12.1. The van der Waals surface area contributed by atoms with Crippen molar-refractivity contribution in [2.24, 2.45) is 0 Å². The van der Waals surface area contributed by atoms with Crippen molar-refractivity contribution in [2.75, 3.05) is 11.9 Å². The maximum atomic E-state index is 8.34. The molecule has 0 fully saturated rings. The Morgan fingerprint density at radius 1 is 1.54 bits per heavy atom. The van der Waals surface area contributed by atoms with Crippen molar-refractivity contribution in [3.8, 4) is 6.07 Å². The monoisotopic (exact) mass is 258 g/mol. The molecule has 0 spiro atoms. The van der Waals surface area contributed by atoms with Gasteiger partial charge in [0.05, 0.1) is 12.5 Å². The summed E-state index contributed by atoms with van der Waals surface area (Å²) < 4.78 is 0.954. The van der Waals surface area contributed by atoms with Gasteiger partial charge in [0.1, 0.15) is 0 Å². The molecule has 0 aliphatic carbocycles. The second-order valence-corrected chi connectivity index (χ2v) is 3.75. The van der Waals surface area contributed by atoms with E-state index in [1.807, 2.05) is 12.1 Å². The lowest BCUT2D eigenvalue weighted by Gasteiger charge is -2.06. The number of rotatable bonds is 3. The average molecular weight is 260 g/mol. The minimum Gasteiger partial charge on any atom is -0.383 e. The lowest BCUT2D eigenvalue weighted by atomic mass is 10.3. The van der Waals surface area contributed by atoms with Gasteiger partial charge in [-0.25, -0.2) is 0 Å². The third-order valence-corrected chi connectivity index (χ3v) is 2.41. The molecule has 0 saturated carbocycles. The molecule has 2 nitrogen and oxygen atoms in total. The third kappa shape index (κ3) is 3.25. The summed E-state index contributed by atoms with van der Waals surface area (Å²) in [5.74, 6) is 0. The smallest absolute Gasteiger partial charge is 0.0640 e. The molecule has 0 radical (unpaired) electrons. The minimum absolute atomic E-state index is 0.485. The number of benzene rings is 1. The molecular weight excluding hydrogens is 251 g/mol. The van der Waals surface area contributed by atoms with Crippen LogP contribution < -0.4 is 5.32 Å². The predicted octanol–water partition coefficient (Wildman–Crippen LogP) is 3.43. The van der Waals surface area contributed by atoms with Gasteiger partial charge in [0.25, 0.3) is 0 Å². The summed E-state index contributed by atoms with van der Waals surface area (Å²) in [6, 6.07) is 7.56. The summed E-state index contributed by atoms with van der Waals surface area (Å²) in [4.78, 5) is 0. The summed E-state index contributed by atoms with van der Waals surface area (Å²) >= 11 is 9.18. The number of anilines is 1. The number of hydrogen-bond donors (Lipinski definition) is 1. The van der Waals surface area contributed by atoms with E-state index in [0.717, 1.165) is 10.2 Å². The van der Waals surface area contributed by atoms with Crippen molar-refractivity contribution >= 4 is 33.2 Å². The van der Waals surface area contributed by atoms with Crippen molar-refractivity contribution in [3.05, 3.63) is 27.7 Å². The largest absolute Gasteiger partial charge is 0.383 e. The Morgan fingerprint density at radius 3 is 3.00 bits per heavy atom. The first-order valence-corrected chi connectivity index (χ1v) is 4.97. The fraction of sp³-hybridized carbons (Fsp3) is 0.222. The first-order valence-electron chi connectivity index (χ1n) is 3.80. The van der Waals surface area contributed by atoms with Crippen molar-refractivity contribution in [3.63, 3.8) is 0 Å². The zero-order valence-electron chi connectivity index (χ0n) is 6.85. The van der Waals surface area contributed by atoms with Gasteiger partial charge in [-0.3, -0.25) is 0 Å². The Labute approximate surface area is 90.6 Å². The normalized spacial score (nSPS) is 9.31. The molecule has 0 aliphatic heterocycles. The molecule has 13 heavy (non-hydrogen) atoms. The molecule has 1 aromatic carbocycles. The van der Waals surface area contributed by atoms with E-state index in [9.17, 15) is 0 Å². The second kappa shape index (κ2) is 5.11. The number of nitrogens with zero attached hydrogens (tertiary/aromatic N) is 1. The molecule has 1 N–H and O–H groups in total. The molecule has 0 amide bonds. The first kappa shape index (κ1) is 10.4. The van der Waals surface area contributed by atoms with Crippen LogP contribution in [-0.2, 0) is 0 Å². The van der Waals surface area contributed by atoms with E-state index in [2.05, 4.69) is 27.3 Å². The second-order valence-electron chi connectivity index (χ2n) is 2.46. The van der Waals surface area contributed by atoms with Crippen LogP contribution in [0.25, 0.3) is 0 Å². The van der Waals surface area contributed by atoms with Crippen LogP contribution in [0.2, 0.25) is 5.02 Å². The van der Waals surface area contributed by atoms with Gasteiger partial charge >= 0.3 is 0 Å². The van der Waals surface area contributed by atoms with Crippen LogP contribution in [0.1, 0.15) is 6.42 Å². The SMILES string of the molecule is N#CCCNc1cc(Cl)ccc1Br. The zero-order chi connectivity index (χ0) is 9.68. The van der Waals surface area contributed by atoms with E-state index in [4.69, 9.17) is 16.9 Å². The van der Waals surface area contributed by atoms with E-state index in [1.165, 1.54) is 0 Å². The third-order valence-electron chi connectivity index (χ3n) is 1.48. The molecule has 1 rings (SSSR count). The first-order chi connectivity index (χ1) is 6.24. The number of halogens is 2. The van der Waals surface area contributed by atoms with E-state index >= 15 is 0 Å². The van der Waals surface area contributed by atoms with E-state index < -0.39 is 0 Å². The number of hydrogen-bond acceptors (Lipinski definition) is 2. The Balaban J connectivity index is 2.65. The van der Waals surface area contributed by atoms with Crippen molar-refractivity contribution < 1.29 is 0 Å². The fourth-order valence-electron chi connectivity index (χ4n) is 0.886. The molecule has 0 saturated heterocycles. The van der Waals surface area contributed by atoms with Gasteiger partial charge in [-0.15, -0.1) is 0 Å². The maximum absolute atomic E-state index is 8.34. The Hall–Kier alpha value is -0.720. The van der Waals surface area contributed by atoms with Crippen LogP contribution in [0.5, 0.6) is 0 Å². The van der Waals surface area contributed by atoms with Gasteiger partial charge in [-0.05, 0) is 34.1 Å². The van der Waals surface area contributed by atoms with Gasteiger partial charge < -0.3 is 5.32 Å². The highest BCUT2D eigenvalue weighted by atomic mass is 79.9. The van der Waals surface area contributed by atoms with Gasteiger partial charge in [0, 0.05) is 21.7 Å². The maximum Gasteiger partial charge on any atom is 0.0640 e. The zero-order valence-corrected chi connectivity index (χ0v) is 9.19. The lowest BCUT2D eigenvalue weighted by molar-refractivity contribution is 1.07. The molecule has 0 aromatic heterocycles. The lowest BCUT2D eigenvalue weighted by Crippen LogP contribution is -2.00. The van der Waals surface area contributed by atoms with Crippen LogP contribution in [0.15, 0.2) is 22.7 Å². The highest BCUT2D eigenvalue weighted by molar-refractivity contribution is 9.10. The molecule has 0 heterocycles. The van der Waals surface area contributed by atoms with Crippen molar-refractivity contribution in [1.82, 2.24) is 0 Å². The average Bonchev–Trinajstić information content (AvgIpc) is 2.11. The minimum atomic E-state index is 0.485.